The van der Waals surface area contributed by atoms with Gasteiger partial charge in [0.1, 0.15) is 5.69 Å². The zero-order valence-corrected chi connectivity index (χ0v) is 10.3. The van der Waals surface area contributed by atoms with E-state index in [9.17, 15) is 14.5 Å². The molecule has 3 N–H and O–H groups in total. The van der Waals surface area contributed by atoms with Crippen molar-refractivity contribution in [3.05, 3.63) is 52.2 Å². The van der Waals surface area contributed by atoms with Gasteiger partial charge in [-0.2, -0.15) is 0 Å². The molecule has 0 saturated heterocycles. The molecule has 21 heavy (non-hydrogen) atoms. The molecule has 10 heteroatoms. The number of hydrogen-bond acceptors (Lipinski definition) is 7. The van der Waals surface area contributed by atoms with E-state index in [1.807, 2.05) is 0 Å². The molecule has 0 unspecified atom stereocenters. The lowest BCUT2D eigenvalue weighted by atomic mass is 10.3. The van der Waals surface area contributed by atoms with Gasteiger partial charge in [-0.3, -0.25) is 10.1 Å². The molecule has 0 radical (unpaired) electrons. The van der Waals surface area contributed by atoms with Crippen molar-refractivity contribution in [3.8, 4) is 11.6 Å². The number of aromatic nitrogens is 2. The molecule has 2 aromatic rings. The summed E-state index contributed by atoms with van der Waals surface area (Å²) in [6.45, 7) is 0. The number of benzene rings is 1. The lowest BCUT2D eigenvalue weighted by molar-refractivity contribution is -0.385. The number of ether oxygens (including phenoxy) is 1. The molecule has 0 fully saturated rings. The van der Waals surface area contributed by atoms with Crippen LogP contribution in [0.5, 0.6) is 11.6 Å². The highest BCUT2D eigenvalue weighted by Crippen LogP contribution is 2.26. The van der Waals surface area contributed by atoms with Crippen molar-refractivity contribution < 1.29 is 19.3 Å². The summed E-state index contributed by atoms with van der Waals surface area (Å²) < 4.78 is 18.7. The van der Waals surface area contributed by atoms with Gasteiger partial charge in [0.05, 0.1) is 23.4 Å². The summed E-state index contributed by atoms with van der Waals surface area (Å²) >= 11 is 0. The van der Waals surface area contributed by atoms with Gasteiger partial charge in [0.15, 0.2) is 17.4 Å². The number of nitrogens with two attached hydrogens (primary N) is 1. The van der Waals surface area contributed by atoms with Crippen molar-refractivity contribution in [1.82, 2.24) is 9.97 Å². The molecule has 0 saturated carbocycles. The maximum Gasteiger partial charge on any atom is 0.272 e. The molecule has 0 amide bonds. The molecule has 0 atom stereocenters. The third-order valence-corrected chi connectivity index (χ3v) is 2.34. The van der Waals surface area contributed by atoms with E-state index in [-0.39, 0.29) is 23.2 Å². The fraction of sp³-hybridized carbons (Fsp3) is 0. The van der Waals surface area contributed by atoms with Crippen molar-refractivity contribution in [2.24, 2.45) is 10.9 Å². The number of halogens is 1. The van der Waals surface area contributed by atoms with Crippen molar-refractivity contribution in [3.63, 3.8) is 0 Å². The molecule has 1 aromatic heterocycles. The van der Waals surface area contributed by atoms with Crippen LogP contribution in [-0.4, -0.2) is 25.9 Å². The molecule has 1 aromatic carbocycles. The van der Waals surface area contributed by atoms with Crippen LogP contribution in [0.2, 0.25) is 0 Å². The summed E-state index contributed by atoms with van der Waals surface area (Å²) in [4.78, 5) is 17.3. The standard InChI is InChI=1S/C11H8FN5O4/c12-7-3-6(17(19)20)1-2-9(7)21-10-5-14-8(4-15-10)11(13)16-18/h1-5,18H,(H2,13,16). The number of amidine groups is 1. The van der Waals surface area contributed by atoms with Gasteiger partial charge in [-0.05, 0) is 6.07 Å². The quantitative estimate of drug-likeness (QED) is 0.286. The molecule has 108 valence electrons. The second kappa shape index (κ2) is 5.77. The van der Waals surface area contributed by atoms with Gasteiger partial charge in [0, 0.05) is 6.07 Å². The topological polar surface area (TPSA) is 137 Å². The van der Waals surface area contributed by atoms with Crippen LogP contribution in [0, 0.1) is 15.9 Å². The van der Waals surface area contributed by atoms with Gasteiger partial charge >= 0.3 is 0 Å². The van der Waals surface area contributed by atoms with Crippen LogP contribution < -0.4 is 10.5 Å². The smallest absolute Gasteiger partial charge is 0.272 e. The van der Waals surface area contributed by atoms with Crippen LogP contribution >= 0.6 is 0 Å². The van der Waals surface area contributed by atoms with E-state index in [4.69, 9.17) is 15.7 Å². The highest BCUT2D eigenvalue weighted by atomic mass is 19.1. The van der Waals surface area contributed by atoms with Gasteiger partial charge in [-0.1, -0.05) is 5.16 Å². The fourth-order valence-electron chi connectivity index (χ4n) is 1.35. The average molecular weight is 293 g/mol. The number of nitrogens with zero attached hydrogens (tertiary/aromatic N) is 4. The molecule has 0 spiro atoms. The Labute approximate surface area is 116 Å². The lowest BCUT2D eigenvalue weighted by Crippen LogP contribution is -2.15. The lowest BCUT2D eigenvalue weighted by Gasteiger charge is -2.05. The molecule has 9 nitrogen and oxygen atoms in total. The SMILES string of the molecule is NC(=NO)c1cnc(Oc2ccc([N+](=O)[O-])cc2F)cn1. The van der Waals surface area contributed by atoms with Crippen LogP contribution in [0.4, 0.5) is 10.1 Å². The first-order valence-electron chi connectivity index (χ1n) is 5.43. The summed E-state index contributed by atoms with van der Waals surface area (Å²) in [6, 6.07) is 2.93. The number of rotatable bonds is 4. The van der Waals surface area contributed by atoms with Crippen molar-refractivity contribution in [2.75, 3.05) is 0 Å². The van der Waals surface area contributed by atoms with Gasteiger partial charge in [0.2, 0.25) is 5.88 Å². The zero-order chi connectivity index (χ0) is 15.4. The number of hydrogen-bond donors (Lipinski definition) is 2. The number of nitro benzene ring substituents is 1. The van der Waals surface area contributed by atoms with Crippen LogP contribution in [0.15, 0.2) is 35.7 Å². The van der Waals surface area contributed by atoms with E-state index in [0.29, 0.717) is 0 Å². The second-order valence-corrected chi connectivity index (χ2v) is 3.70. The van der Waals surface area contributed by atoms with E-state index < -0.39 is 16.4 Å². The minimum Gasteiger partial charge on any atom is -0.434 e. The third-order valence-electron chi connectivity index (χ3n) is 2.34. The Hall–Kier alpha value is -3.30. The Balaban J connectivity index is 2.20. The predicted molar refractivity (Wildman–Crippen MR) is 67.7 cm³/mol. The molecule has 0 bridgehead atoms. The molecule has 0 aliphatic carbocycles. The third kappa shape index (κ3) is 3.18. The maximum atomic E-state index is 13.6. The summed E-state index contributed by atoms with van der Waals surface area (Å²) in [5.74, 6) is -1.45. The first-order valence-corrected chi connectivity index (χ1v) is 5.43. The normalized spacial score (nSPS) is 11.2. The van der Waals surface area contributed by atoms with Gasteiger partial charge in [-0.15, -0.1) is 0 Å². The minimum absolute atomic E-state index is 0.0581. The molecule has 2 rings (SSSR count). The van der Waals surface area contributed by atoms with Gasteiger partial charge in [0.25, 0.3) is 5.69 Å². The summed E-state index contributed by atoms with van der Waals surface area (Å²) in [5.41, 5.74) is 5.01. The highest BCUT2D eigenvalue weighted by Gasteiger charge is 2.13. The number of oxime groups is 1. The fourth-order valence-corrected chi connectivity index (χ4v) is 1.35. The predicted octanol–water partition coefficient (Wildman–Crippen LogP) is 1.41. The Morgan fingerprint density at radius 2 is 2.19 bits per heavy atom. The first kappa shape index (κ1) is 14.1. The van der Waals surface area contributed by atoms with Crippen LogP contribution in [0.3, 0.4) is 0 Å². The van der Waals surface area contributed by atoms with Gasteiger partial charge < -0.3 is 15.7 Å². The Morgan fingerprint density at radius 1 is 1.43 bits per heavy atom. The summed E-state index contributed by atoms with van der Waals surface area (Å²) in [6.07, 6.45) is 2.29. The van der Waals surface area contributed by atoms with Crippen LogP contribution in [0.25, 0.3) is 0 Å². The average Bonchev–Trinajstić information content (AvgIpc) is 2.49. The minimum atomic E-state index is -0.911. The van der Waals surface area contributed by atoms with E-state index in [1.54, 1.807) is 0 Å². The summed E-state index contributed by atoms with van der Waals surface area (Å²) in [5, 5.41) is 21.7. The summed E-state index contributed by atoms with van der Waals surface area (Å²) in [7, 11) is 0. The van der Waals surface area contributed by atoms with E-state index >= 15 is 0 Å². The maximum absolute atomic E-state index is 13.6. The Bertz CT molecular complexity index is 704. The monoisotopic (exact) mass is 293 g/mol. The molecular formula is C11H8FN5O4. The van der Waals surface area contributed by atoms with Gasteiger partial charge in [-0.25, -0.2) is 14.4 Å². The van der Waals surface area contributed by atoms with Crippen molar-refractivity contribution in [1.29, 1.82) is 0 Å². The Kier molecular flexibility index (Phi) is 3.88. The highest BCUT2D eigenvalue weighted by molar-refractivity contribution is 5.94. The Morgan fingerprint density at radius 3 is 2.71 bits per heavy atom. The van der Waals surface area contributed by atoms with Crippen molar-refractivity contribution >= 4 is 11.5 Å². The molecule has 1 heterocycles. The van der Waals surface area contributed by atoms with Crippen LogP contribution in [0.1, 0.15) is 5.69 Å². The first-order chi connectivity index (χ1) is 10.0. The molecular weight excluding hydrogens is 285 g/mol. The largest absolute Gasteiger partial charge is 0.434 e. The molecule has 0 aliphatic heterocycles. The van der Waals surface area contributed by atoms with E-state index in [0.717, 1.165) is 30.6 Å². The molecule has 0 aliphatic rings. The second-order valence-electron chi connectivity index (χ2n) is 3.70. The van der Waals surface area contributed by atoms with Crippen molar-refractivity contribution in [2.45, 2.75) is 0 Å². The van der Waals surface area contributed by atoms with Crippen LogP contribution in [-0.2, 0) is 0 Å². The number of non-ortho nitro benzene ring substituents is 1. The number of nitro groups is 1. The van der Waals surface area contributed by atoms with E-state index in [1.165, 1.54) is 0 Å². The zero-order valence-electron chi connectivity index (χ0n) is 10.3. The van der Waals surface area contributed by atoms with E-state index in [2.05, 4.69) is 15.1 Å².